The molecule has 4 nitrogen and oxygen atoms in total. The third-order valence-corrected chi connectivity index (χ3v) is 3.39. The summed E-state index contributed by atoms with van der Waals surface area (Å²) in [6.07, 6.45) is 4.78. The van der Waals surface area contributed by atoms with Crippen molar-refractivity contribution in [3.63, 3.8) is 0 Å². The Hall–Kier alpha value is -1.19. The molecule has 1 heterocycles. The van der Waals surface area contributed by atoms with E-state index in [9.17, 15) is 4.79 Å². The van der Waals surface area contributed by atoms with E-state index in [1.54, 1.807) is 4.68 Å². The number of nitrogens with one attached hydrogen (secondary N) is 1. The molecule has 1 saturated carbocycles. The fourth-order valence-electron chi connectivity index (χ4n) is 2.47. The van der Waals surface area contributed by atoms with Gasteiger partial charge >= 0.3 is 0 Å². The number of hydrogen-bond donors (Lipinski definition) is 2. The van der Waals surface area contributed by atoms with Crippen molar-refractivity contribution in [3.05, 3.63) is 16.0 Å². The minimum absolute atomic E-state index is 0.0746. The van der Waals surface area contributed by atoms with Crippen molar-refractivity contribution < 1.29 is 0 Å². The average molecular weight is 223 g/mol. The predicted molar refractivity (Wildman–Crippen MR) is 65.7 cm³/mol. The van der Waals surface area contributed by atoms with Crippen molar-refractivity contribution in [2.45, 2.75) is 57.9 Å². The number of H-pyrrole nitrogens is 1. The van der Waals surface area contributed by atoms with Crippen molar-refractivity contribution in [1.82, 2.24) is 9.78 Å². The first-order valence-electron chi connectivity index (χ1n) is 6.02. The van der Waals surface area contributed by atoms with Gasteiger partial charge in [-0.15, -0.1) is 0 Å². The summed E-state index contributed by atoms with van der Waals surface area (Å²) in [5.74, 6) is 0.455. The molecule has 1 aliphatic carbocycles. The highest BCUT2D eigenvalue weighted by atomic mass is 16.1. The lowest BCUT2D eigenvalue weighted by Gasteiger charge is -2.19. The molecule has 2 rings (SSSR count). The molecule has 1 aliphatic rings. The molecule has 90 valence electrons. The molecule has 1 fully saturated rings. The summed E-state index contributed by atoms with van der Waals surface area (Å²) in [6, 6.07) is 0. The van der Waals surface area contributed by atoms with E-state index >= 15 is 0 Å². The fourth-order valence-corrected chi connectivity index (χ4v) is 2.47. The van der Waals surface area contributed by atoms with Gasteiger partial charge in [0.2, 0.25) is 0 Å². The second-order valence-corrected chi connectivity index (χ2v) is 5.73. The molecule has 0 unspecified atom stereocenters. The van der Waals surface area contributed by atoms with Crippen LogP contribution in [0.2, 0.25) is 0 Å². The van der Waals surface area contributed by atoms with Crippen molar-refractivity contribution in [3.8, 4) is 0 Å². The molecule has 0 amide bonds. The first-order valence-corrected chi connectivity index (χ1v) is 6.02. The fraction of sp³-hybridized carbons (Fsp3) is 0.750. The molecule has 0 spiro atoms. The van der Waals surface area contributed by atoms with Crippen LogP contribution in [0, 0.1) is 0 Å². The normalized spacial score (nSPS) is 18.2. The zero-order valence-corrected chi connectivity index (χ0v) is 10.3. The summed E-state index contributed by atoms with van der Waals surface area (Å²) in [4.78, 5) is 12.0. The summed E-state index contributed by atoms with van der Waals surface area (Å²) >= 11 is 0. The minimum Gasteiger partial charge on any atom is -0.393 e. The highest BCUT2D eigenvalue weighted by molar-refractivity contribution is 5.43. The molecule has 4 heteroatoms. The average Bonchev–Trinajstić information content (AvgIpc) is 2.75. The Labute approximate surface area is 95.8 Å². The van der Waals surface area contributed by atoms with Gasteiger partial charge < -0.3 is 5.73 Å². The van der Waals surface area contributed by atoms with Crippen molar-refractivity contribution in [2.75, 3.05) is 5.73 Å². The predicted octanol–water partition coefficient (Wildman–Crippen LogP) is 2.17. The number of aromatic nitrogens is 2. The maximum atomic E-state index is 12.0. The van der Waals surface area contributed by atoms with E-state index in [-0.39, 0.29) is 11.1 Å². The van der Waals surface area contributed by atoms with E-state index in [4.69, 9.17) is 5.73 Å². The lowest BCUT2D eigenvalue weighted by atomic mass is 10.0. The van der Waals surface area contributed by atoms with Crippen LogP contribution in [0.1, 0.15) is 58.1 Å². The lowest BCUT2D eigenvalue weighted by molar-refractivity contribution is 0.342. The number of nitrogens with two attached hydrogens (primary N) is 1. The van der Waals surface area contributed by atoms with Crippen LogP contribution >= 0.6 is 0 Å². The van der Waals surface area contributed by atoms with Crippen LogP contribution in [-0.2, 0) is 5.54 Å². The quantitative estimate of drug-likeness (QED) is 0.766. The Morgan fingerprint density at radius 2 is 1.88 bits per heavy atom. The largest absolute Gasteiger partial charge is 0.393 e. The van der Waals surface area contributed by atoms with Crippen LogP contribution < -0.4 is 11.3 Å². The van der Waals surface area contributed by atoms with Crippen molar-refractivity contribution in [1.29, 1.82) is 0 Å². The van der Waals surface area contributed by atoms with Gasteiger partial charge in [0.1, 0.15) is 5.69 Å². The third-order valence-electron chi connectivity index (χ3n) is 3.39. The summed E-state index contributed by atoms with van der Waals surface area (Å²) in [6.45, 7) is 6.01. The highest BCUT2D eigenvalue weighted by Crippen LogP contribution is 2.35. The second kappa shape index (κ2) is 3.68. The Kier molecular flexibility index (Phi) is 2.60. The zero-order chi connectivity index (χ0) is 11.9. The Bertz CT molecular complexity index is 430. The molecule has 0 aromatic carbocycles. The number of hydrogen-bond acceptors (Lipinski definition) is 2. The number of anilines is 1. The number of nitrogens with zero attached hydrogens (tertiary/aromatic N) is 1. The van der Waals surface area contributed by atoms with Gasteiger partial charge in [-0.25, -0.2) is 4.68 Å². The summed E-state index contributed by atoms with van der Waals surface area (Å²) in [7, 11) is 0. The summed E-state index contributed by atoms with van der Waals surface area (Å²) < 4.78 is 1.65. The molecule has 0 bridgehead atoms. The van der Waals surface area contributed by atoms with Gasteiger partial charge in [0.25, 0.3) is 5.56 Å². The standard InChI is InChI=1S/C12H21N3O/c1-12(2,3)15-11(16)9(13)10(14-15)8-6-4-5-7-8/h8,14H,4-7,13H2,1-3H3. The van der Waals surface area contributed by atoms with Crippen molar-refractivity contribution in [2.24, 2.45) is 0 Å². The minimum atomic E-state index is -0.234. The zero-order valence-electron chi connectivity index (χ0n) is 10.3. The SMILES string of the molecule is CC(C)(C)n1[nH]c(C2CCCC2)c(N)c1=O. The molecule has 0 atom stereocenters. The smallest absolute Gasteiger partial charge is 0.290 e. The van der Waals surface area contributed by atoms with E-state index in [2.05, 4.69) is 5.10 Å². The van der Waals surface area contributed by atoms with Crippen LogP contribution in [0.15, 0.2) is 4.79 Å². The Morgan fingerprint density at radius 3 is 2.31 bits per heavy atom. The van der Waals surface area contributed by atoms with Gasteiger partial charge in [-0.1, -0.05) is 12.8 Å². The van der Waals surface area contributed by atoms with E-state index < -0.39 is 0 Å². The van der Waals surface area contributed by atoms with Crippen LogP contribution in [0.5, 0.6) is 0 Å². The molecule has 3 N–H and O–H groups in total. The van der Waals surface area contributed by atoms with Crippen molar-refractivity contribution >= 4 is 5.69 Å². The molecular weight excluding hydrogens is 202 g/mol. The van der Waals surface area contributed by atoms with Gasteiger partial charge in [0.15, 0.2) is 0 Å². The topological polar surface area (TPSA) is 63.8 Å². The summed E-state index contributed by atoms with van der Waals surface area (Å²) in [5, 5.41) is 3.21. The third kappa shape index (κ3) is 1.77. The van der Waals surface area contributed by atoms with Crippen LogP contribution in [0.25, 0.3) is 0 Å². The molecule has 0 saturated heterocycles. The number of nitrogen functional groups attached to an aromatic ring is 1. The number of rotatable bonds is 1. The first-order chi connectivity index (χ1) is 7.41. The monoisotopic (exact) mass is 223 g/mol. The molecule has 1 aromatic heterocycles. The maximum Gasteiger partial charge on any atom is 0.290 e. The molecule has 0 aliphatic heterocycles. The van der Waals surface area contributed by atoms with Gasteiger partial charge in [-0.3, -0.25) is 9.89 Å². The van der Waals surface area contributed by atoms with E-state index in [1.165, 1.54) is 12.8 Å². The van der Waals surface area contributed by atoms with Crippen LogP contribution in [0.3, 0.4) is 0 Å². The Morgan fingerprint density at radius 1 is 1.31 bits per heavy atom. The van der Waals surface area contributed by atoms with Crippen LogP contribution in [0.4, 0.5) is 5.69 Å². The second-order valence-electron chi connectivity index (χ2n) is 5.73. The van der Waals surface area contributed by atoms with E-state index in [1.807, 2.05) is 20.8 Å². The highest BCUT2D eigenvalue weighted by Gasteiger charge is 2.26. The molecular formula is C12H21N3O. The van der Waals surface area contributed by atoms with Gasteiger partial charge in [0.05, 0.1) is 11.2 Å². The maximum absolute atomic E-state index is 12.0. The summed E-state index contributed by atoms with van der Waals surface area (Å²) in [5.41, 5.74) is 6.98. The van der Waals surface area contributed by atoms with Gasteiger partial charge in [0, 0.05) is 5.92 Å². The van der Waals surface area contributed by atoms with Crippen LogP contribution in [-0.4, -0.2) is 9.78 Å². The van der Waals surface area contributed by atoms with Gasteiger partial charge in [-0.2, -0.15) is 0 Å². The molecule has 1 aromatic rings. The number of aromatic amines is 1. The molecule has 16 heavy (non-hydrogen) atoms. The van der Waals surface area contributed by atoms with E-state index in [0.29, 0.717) is 11.6 Å². The molecule has 0 radical (unpaired) electrons. The first kappa shape index (κ1) is 11.3. The lowest BCUT2D eigenvalue weighted by Crippen LogP contribution is -2.33. The van der Waals surface area contributed by atoms with E-state index in [0.717, 1.165) is 18.5 Å². The van der Waals surface area contributed by atoms with Gasteiger partial charge in [-0.05, 0) is 33.6 Å². The Balaban J connectivity index is 2.45.